The largest absolute Gasteiger partial charge is 0.507 e. The number of anilines is 2. The Hall–Kier alpha value is -5.90. The van der Waals surface area contributed by atoms with Crippen LogP contribution in [0.5, 0.6) is 11.5 Å². The Bertz CT molecular complexity index is 2650. The van der Waals surface area contributed by atoms with Gasteiger partial charge in [-0.3, -0.25) is 14.4 Å². The highest BCUT2D eigenvalue weighted by Gasteiger charge is 2.41. The van der Waals surface area contributed by atoms with Gasteiger partial charge in [0.25, 0.3) is 0 Å². The van der Waals surface area contributed by atoms with Crippen molar-refractivity contribution in [1.29, 1.82) is 0 Å². The third-order valence-electron chi connectivity index (χ3n) is 13.7. The molecule has 5 rings (SSSR count). The summed E-state index contributed by atoms with van der Waals surface area (Å²) in [4.78, 5) is 45.0. The highest BCUT2D eigenvalue weighted by Crippen LogP contribution is 2.46. The van der Waals surface area contributed by atoms with E-state index in [1.807, 2.05) is 62.4 Å². The van der Waals surface area contributed by atoms with E-state index in [4.69, 9.17) is 0 Å². The maximum absolute atomic E-state index is 14.7. The number of phenolic OH excluding ortho intramolecular Hbond substituents is 2. The number of rotatable bonds is 14. The Morgan fingerprint density at radius 3 is 1.41 bits per heavy atom. The van der Waals surface area contributed by atoms with Gasteiger partial charge in [0.05, 0.1) is 22.5 Å². The molecule has 5 N–H and O–H groups in total. The number of aryl methyl sites for hydroxylation is 3. The van der Waals surface area contributed by atoms with Crippen molar-refractivity contribution in [3.63, 3.8) is 0 Å². The number of aliphatic hydroxyl groups is 1. The zero-order valence-corrected chi connectivity index (χ0v) is 45.7. The number of hydrogen-bond donors (Lipinski definition) is 5. The number of nitrogens with zero attached hydrogens (tertiary/aromatic N) is 2. The van der Waals surface area contributed by atoms with Crippen molar-refractivity contribution in [3.8, 4) is 11.5 Å². The van der Waals surface area contributed by atoms with Crippen LogP contribution in [0.3, 0.4) is 0 Å². The van der Waals surface area contributed by atoms with Gasteiger partial charge in [-0.2, -0.15) is 0 Å². The van der Waals surface area contributed by atoms with E-state index in [0.29, 0.717) is 35.4 Å². The van der Waals surface area contributed by atoms with E-state index in [-0.39, 0.29) is 74.7 Å². The number of carbonyl (C=O) groups excluding carboxylic acids is 3. The summed E-state index contributed by atoms with van der Waals surface area (Å²) in [7, 11) is 0. The van der Waals surface area contributed by atoms with Crippen LogP contribution in [-0.4, -0.2) is 69.4 Å². The predicted octanol–water partition coefficient (Wildman–Crippen LogP) is 12.2. The van der Waals surface area contributed by atoms with Gasteiger partial charge >= 0.3 is 0 Å². The number of phenols is 2. The fraction of sp³-hybridized carbons (Fsp3) is 0.500. The smallest absolute Gasteiger partial charge is 0.224 e. The van der Waals surface area contributed by atoms with E-state index in [0.717, 1.165) is 82.1 Å². The topological polar surface area (TPSA) is 142 Å². The minimum atomic E-state index is -0.393. The van der Waals surface area contributed by atoms with Crippen LogP contribution in [0.15, 0.2) is 76.7 Å². The van der Waals surface area contributed by atoms with Crippen molar-refractivity contribution >= 4 is 40.3 Å². The van der Waals surface area contributed by atoms with E-state index >= 15 is 0 Å². The number of amides is 2. The molecule has 10 nitrogen and oxygen atoms in total. The number of hydrogen-bond acceptors (Lipinski definition) is 7. The molecule has 3 aromatic rings. The molecular formula is C60H83N4O6+. The Kier molecular flexibility index (Phi) is 16.4. The third kappa shape index (κ3) is 11.8. The lowest BCUT2D eigenvalue weighted by atomic mass is 9.77. The Labute approximate surface area is 419 Å². The third-order valence-corrected chi connectivity index (χ3v) is 13.7. The van der Waals surface area contributed by atoms with E-state index < -0.39 is 5.78 Å². The number of nitrogens with one attached hydrogen (secondary N) is 2. The molecule has 0 saturated carbocycles. The van der Waals surface area contributed by atoms with Crippen LogP contribution in [-0.2, 0) is 48.9 Å². The van der Waals surface area contributed by atoms with Gasteiger partial charge in [-0.15, -0.1) is 0 Å². The van der Waals surface area contributed by atoms with E-state index in [1.165, 1.54) is 0 Å². The van der Waals surface area contributed by atoms with E-state index in [9.17, 15) is 29.7 Å². The highest BCUT2D eigenvalue weighted by molar-refractivity contribution is 6.40. The van der Waals surface area contributed by atoms with Gasteiger partial charge in [0, 0.05) is 54.4 Å². The molecule has 10 heteroatoms. The lowest BCUT2D eigenvalue weighted by Crippen LogP contribution is -2.32. The SMILES string of the molecule is CCN(CC)c1cc(NC(=O)CCc2cc(C(C)(C)C)c(O)c(C(C)(C)C)c2)c(C2=C(O)/C(=C3/C=C(C)C(=[N+](CC)CC)C=C3NC(=O)CCc3cc(C(C)(C)C)c(O)c(C(C)(C)C)c3)C2=O)cc1C. The number of allylic oxidation sites excluding steroid dienone is 5. The van der Waals surface area contributed by atoms with Gasteiger partial charge < -0.3 is 30.9 Å². The van der Waals surface area contributed by atoms with Crippen LogP contribution in [0.1, 0.15) is 175 Å². The molecular weight excluding hydrogens is 873 g/mol. The van der Waals surface area contributed by atoms with Crippen LogP contribution in [0.4, 0.5) is 11.4 Å². The molecule has 0 aliphatic heterocycles. The van der Waals surface area contributed by atoms with Crippen molar-refractivity contribution in [3.05, 3.63) is 121 Å². The number of aliphatic hydroxyl groups excluding tert-OH is 1. The number of carbonyl (C=O) groups is 3. The van der Waals surface area contributed by atoms with Gasteiger partial charge in [-0.25, -0.2) is 4.58 Å². The van der Waals surface area contributed by atoms with Crippen LogP contribution >= 0.6 is 0 Å². The molecule has 0 saturated heterocycles. The number of aromatic hydroxyl groups is 2. The average molecular weight is 956 g/mol. The van der Waals surface area contributed by atoms with Crippen molar-refractivity contribution < 1.29 is 34.3 Å². The summed E-state index contributed by atoms with van der Waals surface area (Å²) < 4.78 is 2.19. The van der Waals surface area contributed by atoms with Gasteiger partial charge in [-0.05, 0) is 133 Å². The molecule has 2 aliphatic rings. The van der Waals surface area contributed by atoms with Crippen LogP contribution in [0.2, 0.25) is 0 Å². The maximum atomic E-state index is 14.7. The molecule has 2 aliphatic carbocycles. The monoisotopic (exact) mass is 956 g/mol. The quantitative estimate of drug-likeness (QED) is 0.0800. The van der Waals surface area contributed by atoms with Crippen LogP contribution < -0.4 is 15.5 Å². The number of ketones is 1. The Balaban J connectivity index is 1.55. The summed E-state index contributed by atoms with van der Waals surface area (Å²) >= 11 is 0. The van der Waals surface area contributed by atoms with E-state index in [1.54, 1.807) is 0 Å². The second-order valence-electron chi connectivity index (χ2n) is 23.3. The molecule has 0 bridgehead atoms. The zero-order chi connectivity index (χ0) is 52.6. The number of Topliss-reactive ketones (excluding diaryl/α,β-unsaturated/α-hetero) is 1. The van der Waals surface area contributed by atoms with Gasteiger partial charge in [0.15, 0.2) is 0 Å². The van der Waals surface area contributed by atoms with Crippen LogP contribution in [0.25, 0.3) is 5.57 Å². The van der Waals surface area contributed by atoms with Crippen molar-refractivity contribution in [2.45, 2.75) is 172 Å². The summed E-state index contributed by atoms with van der Waals surface area (Å²) in [5, 5.41) is 41.0. The summed E-state index contributed by atoms with van der Waals surface area (Å²) in [5.74, 6) is -0.526. The lowest BCUT2D eigenvalue weighted by molar-refractivity contribution is -0.519. The minimum Gasteiger partial charge on any atom is -0.507 e. The summed E-state index contributed by atoms with van der Waals surface area (Å²) in [5.41, 5.74) is 9.41. The molecule has 0 spiro atoms. The average Bonchev–Trinajstić information content (AvgIpc) is 3.24. The molecule has 0 radical (unpaired) electrons. The fourth-order valence-electron chi connectivity index (χ4n) is 9.63. The van der Waals surface area contributed by atoms with Gasteiger partial charge in [-0.1, -0.05) is 107 Å². The zero-order valence-electron chi connectivity index (χ0n) is 45.7. The highest BCUT2D eigenvalue weighted by atomic mass is 16.3. The van der Waals surface area contributed by atoms with Crippen LogP contribution in [0, 0.1) is 6.92 Å². The molecule has 0 atom stereocenters. The minimum absolute atomic E-state index is 0.0991. The summed E-state index contributed by atoms with van der Waals surface area (Å²) in [6.07, 6.45) is 4.91. The van der Waals surface area contributed by atoms with E-state index in [2.05, 4.69) is 131 Å². The normalized spacial score (nSPS) is 15.7. The molecule has 0 fully saturated rings. The predicted molar refractivity (Wildman–Crippen MR) is 289 cm³/mol. The second kappa shape index (κ2) is 20.8. The summed E-state index contributed by atoms with van der Waals surface area (Å²) in [6.45, 7) is 39.9. The number of benzene rings is 3. The second-order valence-corrected chi connectivity index (χ2v) is 23.3. The van der Waals surface area contributed by atoms with Gasteiger partial charge in [0.2, 0.25) is 23.3 Å². The maximum Gasteiger partial charge on any atom is 0.224 e. The first-order valence-corrected chi connectivity index (χ1v) is 25.4. The molecule has 2 amide bonds. The van der Waals surface area contributed by atoms with Gasteiger partial charge in [0.1, 0.15) is 30.3 Å². The lowest BCUT2D eigenvalue weighted by Gasteiger charge is -2.30. The Morgan fingerprint density at radius 2 is 1.03 bits per heavy atom. The van der Waals surface area contributed by atoms with Crippen molar-refractivity contribution in [2.75, 3.05) is 36.4 Å². The first-order valence-electron chi connectivity index (χ1n) is 25.4. The molecule has 3 aromatic carbocycles. The molecule has 0 heterocycles. The fourth-order valence-corrected chi connectivity index (χ4v) is 9.63. The van der Waals surface area contributed by atoms with Crippen molar-refractivity contribution in [1.82, 2.24) is 5.32 Å². The first-order chi connectivity index (χ1) is 32.4. The van der Waals surface area contributed by atoms with Crippen molar-refractivity contribution in [2.24, 2.45) is 0 Å². The molecule has 0 aromatic heterocycles. The Morgan fingerprint density at radius 1 is 0.600 bits per heavy atom. The molecule has 378 valence electrons. The standard InChI is InChI=1S/C60H82N4O6/c1-19-63(20-2)47-33-45(61-49(65)25-23-37-29-41(57(7,8)9)53(67)42(30-37)58(10,11)12)39(27-35(47)5)51-55(69)52(56(51)70)40-28-36(6)48(64(21-3)22-4)34-46(40)62-50(66)26-24-38-31-43(59(13,14)15)54(68)44(32-38)60(16,17)18/h27-34H,19-26H2,1-18H3,(H4,61,62,65,66,67,68,69,70)/p+1. The molecule has 0 unspecified atom stereocenters. The first kappa shape index (κ1) is 55.0. The molecule has 70 heavy (non-hydrogen) atoms. The summed E-state index contributed by atoms with van der Waals surface area (Å²) in [6, 6.07) is 11.7.